The first kappa shape index (κ1) is 22.4. The number of hydrogen-bond acceptors (Lipinski definition) is 2. The van der Waals surface area contributed by atoms with Gasteiger partial charge in [-0.25, -0.2) is 0 Å². The molecule has 3 heteroatoms. The van der Waals surface area contributed by atoms with E-state index in [9.17, 15) is 0 Å². The van der Waals surface area contributed by atoms with Crippen LogP contribution >= 0.6 is 0 Å². The van der Waals surface area contributed by atoms with E-state index >= 15 is 0 Å². The van der Waals surface area contributed by atoms with Gasteiger partial charge >= 0.3 is 0 Å². The predicted molar refractivity (Wildman–Crippen MR) is 129 cm³/mol. The highest BCUT2D eigenvalue weighted by Crippen LogP contribution is 2.61. The zero-order valence-electron chi connectivity index (χ0n) is 20.0. The van der Waals surface area contributed by atoms with Crippen molar-refractivity contribution in [3.8, 4) is 5.75 Å². The molecule has 0 saturated heterocycles. The Hall–Kier alpha value is -0.803. The van der Waals surface area contributed by atoms with Crippen molar-refractivity contribution in [2.75, 3.05) is 13.9 Å². The Labute approximate surface area is 186 Å². The van der Waals surface area contributed by atoms with Crippen molar-refractivity contribution in [1.82, 2.24) is 0 Å². The lowest BCUT2D eigenvalue weighted by Gasteiger charge is -2.57. The molecular formula is C27H44O2Si. The molecule has 2 nitrogen and oxygen atoms in total. The minimum Gasteiger partial charge on any atom is -0.467 e. The second-order valence-corrected chi connectivity index (χ2v) is 15.6. The first-order valence-corrected chi connectivity index (χ1v) is 15.5. The summed E-state index contributed by atoms with van der Waals surface area (Å²) in [5.41, 5.74) is 1.94. The highest BCUT2D eigenvalue weighted by Gasteiger charge is 2.52. The predicted octanol–water partition coefficient (Wildman–Crippen LogP) is 7.02. The average Bonchev–Trinajstić information content (AvgIpc) is 2.71. The van der Waals surface area contributed by atoms with Crippen LogP contribution in [0.4, 0.5) is 0 Å². The van der Waals surface area contributed by atoms with Gasteiger partial charge in [-0.15, -0.1) is 0 Å². The average molecular weight is 429 g/mol. The third-order valence-corrected chi connectivity index (χ3v) is 14.6. The first-order valence-electron chi connectivity index (χ1n) is 12.8. The molecule has 4 bridgehead atoms. The monoisotopic (exact) mass is 428 g/mol. The maximum atomic E-state index is 6.22. The summed E-state index contributed by atoms with van der Waals surface area (Å²) in [5, 5.41) is 1.73. The van der Waals surface area contributed by atoms with Gasteiger partial charge in [0.1, 0.15) is 5.75 Å². The first-order chi connectivity index (χ1) is 14.6. The molecule has 0 radical (unpaired) electrons. The summed E-state index contributed by atoms with van der Waals surface area (Å²) in [4.78, 5) is 0. The van der Waals surface area contributed by atoms with E-state index in [2.05, 4.69) is 39.0 Å². The summed E-state index contributed by atoms with van der Waals surface area (Å²) >= 11 is 0. The fraction of sp³-hybridized carbons (Fsp3) is 0.778. The normalized spacial score (nSPS) is 30.1. The third kappa shape index (κ3) is 4.13. The maximum Gasteiger partial charge on any atom is 0.188 e. The van der Waals surface area contributed by atoms with Crippen LogP contribution in [0.5, 0.6) is 5.75 Å². The molecule has 168 valence electrons. The number of hydrogen-bond donors (Lipinski definition) is 0. The Balaban J connectivity index is 1.78. The van der Waals surface area contributed by atoms with Crippen LogP contribution in [0.15, 0.2) is 18.2 Å². The van der Waals surface area contributed by atoms with E-state index < -0.39 is 8.07 Å². The van der Waals surface area contributed by atoms with Crippen LogP contribution in [0, 0.1) is 17.8 Å². The topological polar surface area (TPSA) is 18.5 Å². The summed E-state index contributed by atoms with van der Waals surface area (Å²) in [5.74, 6) is 3.99. The number of methoxy groups -OCH3 is 1. The van der Waals surface area contributed by atoms with Gasteiger partial charge in [-0.1, -0.05) is 75.5 Å². The minimum absolute atomic E-state index is 0.361. The van der Waals surface area contributed by atoms with Crippen LogP contribution < -0.4 is 9.92 Å². The summed E-state index contributed by atoms with van der Waals surface area (Å²) in [6.45, 7) is 7.54. The Morgan fingerprint density at radius 2 is 1.40 bits per heavy atom. The molecule has 0 atom stereocenters. The van der Waals surface area contributed by atoms with Crippen LogP contribution in [0.3, 0.4) is 0 Å². The van der Waals surface area contributed by atoms with E-state index in [1.165, 1.54) is 75.9 Å². The molecule has 4 fully saturated rings. The molecular weight excluding hydrogens is 384 g/mol. The molecule has 0 amide bonds. The van der Waals surface area contributed by atoms with Gasteiger partial charge in [0.25, 0.3) is 0 Å². The van der Waals surface area contributed by atoms with Gasteiger partial charge in [-0.05, 0) is 67.8 Å². The van der Waals surface area contributed by atoms with Gasteiger partial charge in [-0.3, -0.25) is 0 Å². The van der Waals surface area contributed by atoms with Gasteiger partial charge in [0, 0.05) is 12.7 Å². The number of rotatable bonds is 11. The Morgan fingerprint density at radius 3 is 1.87 bits per heavy atom. The van der Waals surface area contributed by atoms with Crippen molar-refractivity contribution in [1.29, 1.82) is 0 Å². The fourth-order valence-corrected chi connectivity index (χ4v) is 13.6. The minimum atomic E-state index is -1.46. The lowest BCUT2D eigenvalue weighted by atomic mass is 9.48. The smallest absolute Gasteiger partial charge is 0.188 e. The van der Waals surface area contributed by atoms with Crippen molar-refractivity contribution in [3.05, 3.63) is 23.8 Å². The third-order valence-electron chi connectivity index (χ3n) is 8.72. The summed E-state index contributed by atoms with van der Waals surface area (Å²) in [6.07, 6.45) is 12.6. The van der Waals surface area contributed by atoms with Crippen molar-refractivity contribution < 1.29 is 9.47 Å². The molecule has 1 aromatic rings. The maximum absolute atomic E-state index is 6.22. The second kappa shape index (κ2) is 9.36. The van der Waals surface area contributed by atoms with E-state index in [1.54, 1.807) is 17.9 Å². The van der Waals surface area contributed by atoms with Gasteiger partial charge in [0.2, 0.25) is 0 Å². The molecule has 4 aliphatic rings. The Morgan fingerprint density at radius 1 is 0.867 bits per heavy atom. The van der Waals surface area contributed by atoms with Gasteiger partial charge in [-0.2, -0.15) is 0 Å². The molecule has 0 spiro atoms. The summed E-state index contributed by atoms with van der Waals surface area (Å²) in [7, 11) is 0.279. The summed E-state index contributed by atoms with van der Waals surface area (Å²) in [6, 6.07) is 11.8. The van der Waals surface area contributed by atoms with Gasteiger partial charge in [0.05, 0.1) is 8.07 Å². The number of benzene rings is 1. The Bertz CT molecular complexity index is 661. The SMILES string of the molecule is CCC[Si](CCC)(CCC)c1ccc(OCOC)c(C23CC4CC(CC(C4)C2)C3)c1. The molecule has 4 aliphatic carbocycles. The van der Waals surface area contributed by atoms with Gasteiger partial charge < -0.3 is 9.47 Å². The molecule has 0 unspecified atom stereocenters. The highest BCUT2D eigenvalue weighted by atomic mass is 28.3. The molecule has 5 rings (SSSR count). The highest BCUT2D eigenvalue weighted by molar-refractivity contribution is 6.91. The second-order valence-electron chi connectivity index (χ2n) is 11.0. The molecule has 1 aromatic carbocycles. The quantitative estimate of drug-likeness (QED) is 0.278. The van der Waals surface area contributed by atoms with E-state index in [4.69, 9.17) is 9.47 Å². The van der Waals surface area contributed by atoms with Crippen LogP contribution in [0.25, 0.3) is 0 Å². The van der Waals surface area contributed by atoms with Crippen molar-refractivity contribution >= 4 is 13.3 Å². The molecule has 30 heavy (non-hydrogen) atoms. The van der Waals surface area contributed by atoms with Crippen molar-refractivity contribution in [2.24, 2.45) is 17.8 Å². The lowest BCUT2D eigenvalue weighted by Crippen LogP contribution is -2.51. The van der Waals surface area contributed by atoms with E-state index in [-0.39, 0.29) is 0 Å². The Kier molecular flexibility index (Phi) is 6.99. The largest absolute Gasteiger partial charge is 0.467 e. The van der Waals surface area contributed by atoms with Crippen LogP contribution in [0.1, 0.15) is 84.1 Å². The fourth-order valence-electron chi connectivity index (χ4n) is 8.21. The van der Waals surface area contributed by atoms with Crippen LogP contribution in [-0.4, -0.2) is 22.0 Å². The van der Waals surface area contributed by atoms with Crippen molar-refractivity contribution in [2.45, 2.75) is 102 Å². The van der Waals surface area contributed by atoms with E-state index in [0.29, 0.717) is 12.2 Å². The molecule has 0 N–H and O–H groups in total. The van der Waals surface area contributed by atoms with Gasteiger partial charge in [0.15, 0.2) is 6.79 Å². The van der Waals surface area contributed by atoms with E-state index in [0.717, 1.165) is 23.5 Å². The standard InChI is InChI=1S/C27H44O2Si/c1-5-10-30(11-6-2,12-7-3)24-8-9-26(29-20-28-4)25(16-24)27-17-21-13-22(18-27)15-23(14-21)19-27/h8-9,16,21-23H,5-7,10-15,17-20H2,1-4H3. The van der Waals surface area contributed by atoms with Crippen molar-refractivity contribution in [3.63, 3.8) is 0 Å². The lowest BCUT2D eigenvalue weighted by molar-refractivity contribution is -0.00878. The van der Waals surface area contributed by atoms with Crippen LogP contribution in [0.2, 0.25) is 18.1 Å². The van der Waals surface area contributed by atoms with Crippen LogP contribution in [-0.2, 0) is 10.2 Å². The number of ether oxygens (including phenoxy) is 2. The van der Waals surface area contributed by atoms with E-state index in [1.807, 2.05) is 0 Å². The molecule has 4 saturated carbocycles. The zero-order chi connectivity index (χ0) is 21.2. The molecule has 0 aliphatic heterocycles. The summed E-state index contributed by atoms with van der Waals surface area (Å²) < 4.78 is 11.5. The zero-order valence-corrected chi connectivity index (χ0v) is 21.0. The molecule has 0 aromatic heterocycles. The molecule has 0 heterocycles.